The Balaban J connectivity index is 0.000000280. The molecule has 1 N–H and O–H groups in total. The summed E-state index contributed by atoms with van der Waals surface area (Å²) in [6.45, 7) is 0. The van der Waals surface area contributed by atoms with Crippen molar-refractivity contribution in [2.75, 3.05) is 0 Å². The van der Waals surface area contributed by atoms with Gasteiger partial charge in [-0.15, -0.1) is 0 Å². The lowest BCUT2D eigenvalue weighted by Crippen LogP contribution is -2.08. The van der Waals surface area contributed by atoms with Crippen molar-refractivity contribution in [2.45, 2.75) is 0 Å². The van der Waals surface area contributed by atoms with E-state index in [4.69, 9.17) is 20.6 Å². The van der Waals surface area contributed by atoms with Crippen LogP contribution in [0.2, 0.25) is 0 Å². The highest BCUT2D eigenvalue weighted by Gasteiger charge is 2.01. The summed E-state index contributed by atoms with van der Waals surface area (Å²) in [6.07, 6.45) is 0. The minimum atomic E-state index is -1.75. The summed E-state index contributed by atoms with van der Waals surface area (Å²) < 4.78 is 0. The van der Waals surface area contributed by atoms with Gasteiger partial charge in [-0.25, -0.2) is 0 Å². The van der Waals surface area contributed by atoms with Gasteiger partial charge in [-0.05, 0) is 12.1 Å². The van der Waals surface area contributed by atoms with E-state index in [-0.39, 0.29) is 0 Å². The second-order valence-corrected chi connectivity index (χ2v) is 2.79. The molecule has 0 fully saturated rings. The van der Waals surface area contributed by atoms with Crippen molar-refractivity contribution in [3.63, 3.8) is 0 Å². The first-order chi connectivity index (χ1) is 7.63. The van der Waals surface area contributed by atoms with Gasteiger partial charge in [0.2, 0.25) is 5.52 Å². The molecule has 0 amide bonds. The minimum Gasteiger partial charge on any atom is -0.356 e. The Labute approximate surface area is 90.5 Å². The average molecular weight is 217 g/mol. The molecule has 1 aromatic heterocycles. The second kappa shape index (κ2) is 5.26. The van der Waals surface area contributed by atoms with Gasteiger partial charge < -0.3 is 15.3 Å². The lowest BCUT2D eigenvalue weighted by Gasteiger charge is -1.88. The fourth-order valence-electron chi connectivity index (χ4n) is 1.18. The van der Waals surface area contributed by atoms with Crippen LogP contribution in [0.1, 0.15) is 5.69 Å². The summed E-state index contributed by atoms with van der Waals surface area (Å²) in [5.74, 6) is 0. The zero-order valence-electron chi connectivity index (χ0n) is 8.08. The van der Waals surface area contributed by atoms with Crippen LogP contribution in [0.4, 0.5) is 0 Å². The number of nitrogens with one attached hydrogen (secondary N) is 1. The van der Waals surface area contributed by atoms with Gasteiger partial charge in [-0.1, -0.05) is 12.1 Å². The molecule has 0 saturated heterocycles. The standard InChI is InChI=1S/C10H6N2.NO3/c11-7-9-6-5-8-3-1-2-4-10(8)12-9;2-1(3)4/h1-6H;/q;-1/p+1. The Bertz CT molecular complexity index is 544. The van der Waals surface area contributed by atoms with Crippen molar-refractivity contribution in [3.05, 3.63) is 57.4 Å². The first-order valence-electron chi connectivity index (χ1n) is 4.26. The van der Waals surface area contributed by atoms with Crippen molar-refractivity contribution in [1.29, 1.82) is 5.26 Å². The molecule has 80 valence electrons. The molecule has 1 heterocycles. The molecular formula is C10H7N3O3. The Morgan fingerprint density at radius 2 is 1.81 bits per heavy atom. The number of hydrogen-bond acceptors (Lipinski definition) is 4. The Morgan fingerprint density at radius 3 is 2.44 bits per heavy atom. The van der Waals surface area contributed by atoms with Crippen LogP contribution in [0.15, 0.2) is 36.4 Å². The molecule has 0 aliphatic rings. The number of aromatic amines is 1. The average Bonchev–Trinajstić information content (AvgIpc) is 2.27. The van der Waals surface area contributed by atoms with Crippen LogP contribution in [0, 0.1) is 26.7 Å². The zero-order valence-corrected chi connectivity index (χ0v) is 8.08. The number of fused-ring (bicyclic) bond motifs is 1. The fourth-order valence-corrected chi connectivity index (χ4v) is 1.18. The molecule has 0 saturated carbocycles. The quantitative estimate of drug-likeness (QED) is 0.489. The maximum atomic E-state index is 8.62. The van der Waals surface area contributed by atoms with E-state index in [0.717, 1.165) is 10.9 Å². The summed E-state index contributed by atoms with van der Waals surface area (Å²) in [6, 6.07) is 13.7. The van der Waals surface area contributed by atoms with Crippen LogP contribution in [0.3, 0.4) is 0 Å². The Kier molecular flexibility index (Phi) is 3.75. The Morgan fingerprint density at radius 1 is 1.19 bits per heavy atom. The Hall–Kier alpha value is -2.68. The summed E-state index contributed by atoms with van der Waals surface area (Å²) in [4.78, 5) is 11.3. The molecule has 6 heteroatoms. The van der Waals surface area contributed by atoms with Crippen molar-refractivity contribution < 1.29 is 10.1 Å². The molecule has 0 aliphatic carbocycles. The van der Waals surface area contributed by atoms with Crippen molar-refractivity contribution in [3.8, 4) is 6.07 Å². The third-order valence-corrected chi connectivity index (χ3v) is 1.78. The predicted octanol–water partition coefficient (Wildman–Crippen LogP) is 1.29. The van der Waals surface area contributed by atoms with Crippen LogP contribution in [-0.2, 0) is 0 Å². The number of benzene rings is 1. The minimum absolute atomic E-state index is 0.591. The van der Waals surface area contributed by atoms with E-state index in [2.05, 4.69) is 11.1 Å². The highest BCUT2D eigenvalue weighted by atomic mass is 16.9. The number of nitrogens with zero attached hydrogens (tertiary/aromatic N) is 2. The molecule has 2 aromatic rings. The molecule has 0 atom stereocenters. The van der Waals surface area contributed by atoms with Crippen LogP contribution in [-0.4, -0.2) is 5.09 Å². The third kappa shape index (κ3) is 3.23. The van der Waals surface area contributed by atoms with E-state index in [1.165, 1.54) is 0 Å². The monoisotopic (exact) mass is 217 g/mol. The van der Waals surface area contributed by atoms with Gasteiger partial charge in [-0.2, -0.15) is 10.2 Å². The van der Waals surface area contributed by atoms with Gasteiger partial charge in [-0.3, -0.25) is 0 Å². The van der Waals surface area contributed by atoms with Crippen molar-refractivity contribution in [1.82, 2.24) is 0 Å². The van der Waals surface area contributed by atoms with E-state index in [1.807, 2.05) is 30.3 Å². The first kappa shape index (κ1) is 11.4. The van der Waals surface area contributed by atoms with Gasteiger partial charge in [0.05, 0.1) is 5.09 Å². The van der Waals surface area contributed by atoms with Crippen LogP contribution < -0.4 is 4.98 Å². The third-order valence-electron chi connectivity index (χ3n) is 1.78. The smallest absolute Gasteiger partial charge is 0.282 e. The number of aromatic nitrogens is 1. The van der Waals surface area contributed by atoms with Gasteiger partial charge in [0.1, 0.15) is 0 Å². The van der Waals surface area contributed by atoms with E-state index in [0.29, 0.717) is 5.69 Å². The maximum absolute atomic E-state index is 8.62. The van der Waals surface area contributed by atoms with E-state index in [9.17, 15) is 0 Å². The number of rotatable bonds is 0. The molecule has 0 unspecified atom stereocenters. The summed E-state index contributed by atoms with van der Waals surface area (Å²) in [7, 11) is 0. The van der Waals surface area contributed by atoms with Gasteiger partial charge in [0, 0.05) is 17.5 Å². The molecule has 16 heavy (non-hydrogen) atoms. The lowest BCUT2D eigenvalue weighted by atomic mass is 10.2. The van der Waals surface area contributed by atoms with Crippen LogP contribution >= 0.6 is 0 Å². The molecule has 0 spiro atoms. The van der Waals surface area contributed by atoms with E-state index >= 15 is 0 Å². The van der Waals surface area contributed by atoms with E-state index in [1.54, 1.807) is 6.07 Å². The number of H-pyrrole nitrogens is 1. The highest BCUT2D eigenvalue weighted by molar-refractivity contribution is 5.75. The van der Waals surface area contributed by atoms with E-state index < -0.39 is 5.09 Å². The molecule has 6 nitrogen and oxygen atoms in total. The molecular weight excluding hydrogens is 210 g/mol. The largest absolute Gasteiger partial charge is 0.356 e. The van der Waals surface area contributed by atoms with Gasteiger partial charge in [0.25, 0.3) is 5.69 Å². The maximum Gasteiger partial charge on any atom is 0.282 e. The summed E-state index contributed by atoms with van der Waals surface area (Å²) in [5.41, 5.74) is 1.59. The van der Waals surface area contributed by atoms with Crippen LogP contribution in [0.25, 0.3) is 10.9 Å². The van der Waals surface area contributed by atoms with Crippen LogP contribution in [0.5, 0.6) is 0 Å². The van der Waals surface area contributed by atoms with Gasteiger partial charge in [0.15, 0.2) is 6.07 Å². The molecule has 1 aromatic carbocycles. The molecule has 0 bridgehead atoms. The van der Waals surface area contributed by atoms with Crippen molar-refractivity contribution in [2.24, 2.45) is 0 Å². The number of para-hydroxylation sites is 1. The predicted molar refractivity (Wildman–Crippen MR) is 55.6 cm³/mol. The second-order valence-electron chi connectivity index (χ2n) is 2.79. The molecule has 2 rings (SSSR count). The molecule has 0 aliphatic heterocycles. The number of hydrogen-bond donors (Lipinski definition) is 0. The fraction of sp³-hybridized carbons (Fsp3) is 0. The highest BCUT2D eigenvalue weighted by Crippen LogP contribution is 2.07. The topological polar surface area (TPSA) is 104 Å². The summed E-state index contributed by atoms with van der Waals surface area (Å²) >= 11 is 0. The normalized spacial score (nSPS) is 8.69. The summed E-state index contributed by atoms with van der Waals surface area (Å²) in [5, 5.41) is 24.5. The van der Waals surface area contributed by atoms with Gasteiger partial charge >= 0.3 is 0 Å². The number of nitriles is 1. The number of pyridine rings is 1. The molecule has 0 radical (unpaired) electrons. The van der Waals surface area contributed by atoms with Crippen molar-refractivity contribution >= 4 is 10.9 Å². The SMILES string of the molecule is N#Cc1ccc2ccccc2[nH+]1.O=[N+]([O-])[O-]. The zero-order chi connectivity index (χ0) is 12.0. The lowest BCUT2D eigenvalue weighted by molar-refractivity contribution is -0.402. The first-order valence-corrected chi connectivity index (χ1v) is 4.26.